The predicted molar refractivity (Wildman–Crippen MR) is 138 cm³/mol. The maximum absolute atomic E-state index is 13.5. The quantitative estimate of drug-likeness (QED) is 0.381. The fraction of sp³-hybridized carbons (Fsp3) is 0.440. The van der Waals surface area contributed by atoms with Crippen molar-refractivity contribution in [2.75, 3.05) is 22.5 Å². The van der Waals surface area contributed by atoms with Crippen LogP contribution in [0.4, 0.5) is 11.4 Å². The lowest BCUT2D eigenvalue weighted by molar-refractivity contribution is -0.117. The van der Waals surface area contributed by atoms with Gasteiger partial charge in [-0.2, -0.15) is 0 Å². The van der Waals surface area contributed by atoms with Gasteiger partial charge in [-0.05, 0) is 62.9 Å². The van der Waals surface area contributed by atoms with Gasteiger partial charge in [0.15, 0.2) is 5.16 Å². The summed E-state index contributed by atoms with van der Waals surface area (Å²) in [5, 5.41) is 4.27. The van der Waals surface area contributed by atoms with Gasteiger partial charge in [0, 0.05) is 35.3 Å². The van der Waals surface area contributed by atoms with Crippen molar-refractivity contribution in [2.45, 2.75) is 63.6 Å². The summed E-state index contributed by atoms with van der Waals surface area (Å²) in [4.78, 5) is 46.6. The number of thioether (sulfide) groups is 1. The molecule has 1 saturated carbocycles. The molecule has 1 aliphatic heterocycles. The lowest BCUT2D eigenvalue weighted by atomic mass is 10.2. The van der Waals surface area contributed by atoms with E-state index < -0.39 is 0 Å². The minimum Gasteiger partial charge on any atom is -0.325 e. The molecule has 2 aliphatic rings. The van der Waals surface area contributed by atoms with E-state index >= 15 is 0 Å². The van der Waals surface area contributed by atoms with Gasteiger partial charge in [-0.25, -0.2) is 4.98 Å². The number of hydrogen-bond acceptors (Lipinski definition) is 6. The first kappa shape index (κ1) is 23.1. The third-order valence-electron chi connectivity index (χ3n) is 6.76. The molecule has 178 valence electrons. The molecule has 2 amide bonds. The van der Waals surface area contributed by atoms with E-state index in [4.69, 9.17) is 4.98 Å². The van der Waals surface area contributed by atoms with E-state index in [1.807, 2.05) is 42.7 Å². The van der Waals surface area contributed by atoms with Crippen LogP contribution in [0.15, 0.2) is 34.2 Å². The molecule has 3 aromatic rings. The average molecular weight is 497 g/mol. The smallest absolute Gasteiger partial charge is 0.263 e. The Labute approximate surface area is 206 Å². The lowest BCUT2D eigenvalue weighted by Crippen LogP contribution is -2.27. The summed E-state index contributed by atoms with van der Waals surface area (Å²) in [5.74, 6) is 0.156. The molecular formula is C25H28N4O3S2. The van der Waals surface area contributed by atoms with Crippen LogP contribution in [0.1, 0.15) is 55.0 Å². The van der Waals surface area contributed by atoms with Crippen molar-refractivity contribution in [2.24, 2.45) is 0 Å². The summed E-state index contributed by atoms with van der Waals surface area (Å²) in [6.45, 7) is 4.75. The molecule has 34 heavy (non-hydrogen) atoms. The highest BCUT2D eigenvalue weighted by atomic mass is 32.2. The number of carbonyl (C=O) groups excluding carboxylic acids is 2. The van der Waals surface area contributed by atoms with Gasteiger partial charge in [-0.15, -0.1) is 11.3 Å². The number of aromatic nitrogens is 2. The van der Waals surface area contributed by atoms with Crippen molar-refractivity contribution >= 4 is 56.5 Å². The second kappa shape index (κ2) is 9.54. The number of nitrogens with one attached hydrogen (secondary N) is 1. The molecule has 2 aromatic heterocycles. The molecule has 0 spiro atoms. The summed E-state index contributed by atoms with van der Waals surface area (Å²) in [6, 6.07) is 7.51. The number of hydrogen-bond donors (Lipinski definition) is 1. The number of carbonyl (C=O) groups is 2. The van der Waals surface area contributed by atoms with Crippen molar-refractivity contribution in [3.05, 3.63) is 45.1 Å². The first-order chi connectivity index (χ1) is 16.4. The van der Waals surface area contributed by atoms with Crippen LogP contribution in [-0.4, -0.2) is 33.7 Å². The van der Waals surface area contributed by atoms with Crippen LogP contribution in [-0.2, 0) is 9.59 Å². The molecule has 0 unspecified atom stereocenters. The average Bonchev–Trinajstić information content (AvgIpc) is 3.55. The summed E-state index contributed by atoms with van der Waals surface area (Å²) in [5.41, 5.74) is 2.57. The van der Waals surface area contributed by atoms with Gasteiger partial charge < -0.3 is 10.2 Å². The van der Waals surface area contributed by atoms with Crippen LogP contribution >= 0.6 is 23.1 Å². The van der Waals surface area contributed by atoms with E-state index in [2.05, 4.69) is 5.32 Å². The van der Waals surface area contributed by atoms with Gasteiger partial charge in [0.05, 0.1) is 11.1 Å². The molecule has 7 nitrogen and oxygen atoms in total. The molecule has 2 fully saturated rings. The van der Waals surface area contributed by atoms with Crippen LogP contribution in [0.2, 0.25) is 0 Å². The second-order valence-electron chi connectivity index (χ2n) is 9.00. The van der Waals surface area contributed by atoms with E-state index in [9.17, 15) is 14.4 Å². The molecule has 0 radical (unpaired) electrons. The third kappa shape index (κ3) is 4.38. The molecule has 1 aliphatic carbocycles. The molecule has 3 heterocycles. The van der Waals surface area contributed by atoms with E-state index in [-0.39, 0.29) is 29.2 Å². The Morgan fingerprint density at radius 3 is 2.56 bits per heavy atom. The zero-order valence-electron chi connectivity index (χ0n) is 19.4. The summed E-state index contributed by atoms with van der Waals surface area (Å²) in [6.07, 6.45) is 5.64. The number of nitrogens with zero attached hydrogens (tertiary/aromatic N) is 3. The van der Waals surface area contributed by atoms with Crippen molar-refractivity contribution in [1.29, 1.82) is 0 Å². The molecule has 9 heteroatoms. The maximum Gasteiger partial charge on any atom is 0.263 e. The zero-order chi connectivity index (χ0) is 23.8. The van der Waals surface area contributed by atoms with Crippen LogP contribution in [0, 0.1) is 13.8 Å². The lowest BCUT2D eigenvalue weighted by Gasteiger charge is -2.18. The van der Waals surface area contributed by atoms with Gasteiger partial charge in [-0.1, -0.05) is 24.6 Å². The zero-order valence-corrected chi connectivity index (χ0v) is 21.1. The Hall–Kier alpha value is -2.65. The topological polar surface area (TPSA) is 84.3 Å². The molecule has 0 atom stereocenters. The minimum atomic E-state index is -0.152. The highest BCUT2D eigenvalue weighted by Crippen LogP contribution is 2.34. The standard InChI is InChI=1S/C25H28N4O3S2/c1-15-16(2)34-23-22(15)24(32)29(19-6-3-4-7-19)25(27-23)33-14-20(30)26-17-9-11-18(12-10-17)28-13-5-8-21(28)31/h9-12,19H,3-8,13-14H2,1-2H3,(H,26,30). The Morgan fingerprint density at radius 1 is 1.15 bits per heavy atom. The highest BCUT2D eigenvalue weighted by Gasteiger charge is 2.25. The Kier molecular flexibility index (Phi) is 6.48. The summed E-state index contributed by atoms with van der Waals surface area (Å²) >= 11 is 2.86. The molecule has 1 saturated heterocycles. The summed E-state index contributed by atoms with van der Waals surface area (Å²) < 4.78 is 1.84. The number of aryl methyl sites for hydroxylation is 2. The SMILES string of the molecule is Cc1sc2nc(SCC(=O)Nc3ccc(N4CCCC4=O)cc3)n(C3CCCC3)c(=O)c2c1C. The van der Waals surface area contributed by atoms with Gasteiger partial charge in [0.2, 0.25) is 11.8 Å². The molecular weight excluding hydrogens is 468 g/mol. The molecule has 1 aromatic carbocycles. The van der Waals surface area contributed by atoms with Crippen LogP contribution < -0.4 is 15.8 Å². The van der Waals surface area contributed by atoms with Crippen molar-refractivity contribution < 1.29 is 9.59 Å². The first-order valence-corrected chi connectivity index (χ1v) is 13.6. The monoisotopic (exact) mass is 496 g/mol. The molecule has 0 bridgehead atoms. The van der Waals surface area contributed by atoms with Crippen molar-refractivity contribution in [3.63, 3.8) is 0 Å². The Balaban J connectivity index is 1.32. The van der Waals surface area contributed by atoms with E-state index in [0.29, 0.717) is 17.3 Å². The third-order valence-corrected chi connectivity index (χ3v) is 8.81. The van der Waals surface area contributed by atoms with E-state index in [0.717, 1.165) is 65.0 Å². The van der Waals surface area contributed by atoms with E-state index in [1.54, 1.807) is 16.2 Å². The molecule has 1 N–H and O–H groups in total. The predicted octanol–water partition coefficient (Wildman–Crippen LogP) is 5.05. The fourth-order valence-corrected chi connectivity index (χ4v) is 6.78. The number of rotatable bonds is 6. The van der Waals surface area contributed by atoms with Crippen LogP contribution in [0.5, 0.6) is 0 Å². The van der Waals surface area contributed by atoms with Crippen LogP contribution in [0.3, 0.4) is 0 Å². The first-order valence-electron chi connectivity index (χ1n) is 11.8. The van der Waals surface area contributed by atoms with Gasteiger partial charge in [0.1, 0.15) is 4.83 Å². The van der Waals surface area contributed by atoms with Gasteiger partial charge in [0.25, 0.3) is 5.56 Å². The Bertz CT molecular complexity index is 1310. The number of fused-ring (bicyclic) bond motifs is 1. The normalized spacial score (nSPS) is 16.6. The number of anilines is 2. The second-order valence-corrected chi connectivity index (χ2v) is 11.1. The Morgan fingerprint density at radius 2 is 1.88 bits per heavy atom. The number of benzene rings is 1. The van der Waals surface area contributed by atoms with Crippen molar-refractivity contribution in [1.82, 2.24) is 9.55 Å². The maximum atomic E-state index is 13.5. The van der Waals surface area contributed by atoms with Crippen molar-refractivity contribution in [3.8, 4) is 0 Å². The highest BCUT2D eigenvalue weighted by molar-refractivity contribution is 7.99. The fourth-order valence-electron chi connectivity index (χ4n) is 4.85. The van der Waals surface area contributed by atoms with Crippen LogP contribution in [0.25, 0.3) is 10.2 Å². The van der Waals surface area contributed by atoms with Gasteiger partial charge in [-0.3, -0.25) is 19.0 Å². The number of thiophene rings is 1. The van der Waals surface area contributed by atoms with E-state index in [1.165, 1.54) is 11.8 Å². The summed E-state index contributed by atoms with van der Waals surface area (Å²) in [7, 11) is 0. The minimum absolute atomic E-state index is 0.0220. The van der Waals surface area contributed by atoms with Gasteiger partial charge >= 0.3 is 0 Å². The number of amides is 2. The largest absolute Gasteiger partial charge is 0.325 e. The molecule has 5 rings (SSSR count).